The van der Waals surface area contributed by atoms with Gasteiger partial charge in [0.15, 0.2) is 0 Å². The maximum absolute atomic E-state index is 12.2. The summed E-state index contributed by atoms with van der Waals surface area (Å²) in [6.07, 6.45) is 0.907. The van der Waals surface area contributed by atoms with Crippen molar-refractivity contribution in [1.82, 2.24) is 0 Å². The Balaban J connectivity index is 2.25. The molecule has 0 amide bonds. The number of phenolic OH excluding ortho intramolecular Hbond substituents is 2. The summed E-state index contributed by atoms with van der Waals surface area (Å²) in [6.45, 7) is 5.18. The first kappa shape index (κ1) is 14.7. The molecule has 21 heavy (non-hydrogen) atoms. The molecule has 0 aliphatic rings. The van der Waals surface area contributed by atoms with Gasteiger partial charge >= 0.3 is 5.97 Å². The van der Waals surface area contributed by atoms with Gasteiger partial charge in [0, 0.05) is 5.56 Å². The zero-order valence-electron chi connectivity index (χ0n) is 11.6. The highest BCUT2D eigenvalue weighted by atomic mass is 16.5. The minimum atomic E-state index is -0.677. The van der Waals surface area contributed by atoms with E-state index in [9.17, 15) is 15.0 Å². The van der Waals surface area contributed by atoms with Crippen LogP contribution in [0.2, 0.25) is 0 Å². The van der Waals surface area contributed by atoms with Crippen molar-refractivity contribution in [1.29, 1.82) is 0 Å². The van der Waals surface area contributed by atoms with Crippen LogP contribution in [-0.4, -0.2) is 16.2 Å². The maximum Gasteiger partial charge on any atom is 0.342 e. The molecule has 2 aromatic rings. The number of phenols is 2. The van der Waals surface area contributed by atoms with Crippen LogP contribution in [0.1, 0.15) is 27.6 Å². The summed E-state index contributed by atoms with van der Waals surface area (Å²) in [6, 6.07) is 11.8. The average molecular weight is 284 g/mol. The summed E-state index contributed by atoms with van der Waals surface area (Å²) < 4.78 is 5.35. The number of rotatable bonds is 4. The Kier molecular flexibility index (Phi) is 4.28. The molecule has 2 aromatic carbocycles. The van der Waals surface area contributed by atoms with Gasteiger partial charge in [0.05, 0.1) is 0 Å². The highest BCUT2D eigenvalue weighted by Gasteiger charge is 2.20. The van der Waals surface area contributed by atoms with Gasteiger partial charge in [0.25, 0.3) is 0 Å². The summed E-state index contributed by atoms with van der Waals surface area (Å²) in [4.78, 5) is 12.2. The monoisotopic (exact) mass is 284 g/mol. The zero-order valence-corrected chi connectivity index (χ0v) is 11.6. The van der Waals surface area contributed by atoms with Crippen LogP contribution in [0, 0.1) is 6.92 Å². The van der Waals surface area contributed by atoms with Crippen LogP contribution in [0.15, 0.2) is 55.1 Å². The lowest BCUT2D eigenvalue weighted by Gasteiger charge is -2.15. The predicted molar refractivity (Wildman–Crippen MR) is 79.3 cm³/mol. The third kappa shape index (κ3) is 3.05. The molecule has 0 fully saturated rings. The highest BCUT2D eigenvalue weighted by Crippen LogP contribution is 2.31. The van der Waals surface area contributed by atoms with Crippen LogP contribution in [0.4, 0.5) is 0 Å². The van der Waals surface area contributed by atoms with Crippen molar-refractivity contribution in [3.63, 3.8) is 0 Å². The number of esters is 1. The number of ether oxygens (including phenoxy) is 1. The van der Waals surface area contributed by atoms with Crippen molar-refractivity contribution in [2.75, 3.05) is 0 Å². The molecule has 0 bridgehead atoms. The van der Waals surface area contributed by atoms with Crippen LogP contribution in [0.3, 0.4) is 0 Å². The summed E-state index contributed by atoms with van der Waals surface area (Å²) in [7, 11) is 0. The molecule has 0 aliphatic carbocycles. The van der Waals surface area contributed by atoms with E-state index < -0.39 is 12.1 Å². The Bertz CT molecular complexity index is 662. The smallest absolute Gasteiger partial charge is 0.342 e. The van der Waals surface area contributed by atoms with Crippen molar-refractivity contribution in [3.8, 4) is 11.5 Å². The molecule has 0 heterocycles. The number of carbonyl (C=O) groups excluding carboxylic acids is 1. The molecule has 1 atom stereocenters. The van der Waals surface area contributed by atoms with E-state index in [2.05, 4.69) is 6.58 Å². The second-order valence-corrected chi connectivity index (χ2v) is 4.58. The molecule has 0 saturated heterocycles. The Labute approximate surface area is 122 Å². The SMILES string of the molecule is C=CC(OC(=O)c1ccc(O)c(C)c1O)c1ccccc1. The fourth-order valence-electron chi connectivity index (χ4n) is 1.93. The summed E-state index contributed by atoms with van der Waals surface area (Å²) in [5.41, 5.74) is 1.03. The molecule has 108 valence electrons. The van der Waals surface area contributed by atoms with E-state index in [4.69, 9.17) is 4.74 Å². The molecular weight excluding hydrogens is 268 g/mol. The lowest BCUT2D eigenvalue weighted by molar-refractivity contribution is 0.0389. The van der Waals surface area contributed by atoms with Gasteiger partial charge < -0.3 is 14.9 Å². The van der Waals surface area contributed by atoms with Gasteiger partial charge in [0.2, 0.25) is 0 Å². The standard InChI is InChI=1S/C17H16O4/c1-3-15(12-7-5-4-6-8-12)21-17(20)13-9-10-14(18)11(2)16(13)19/h3-10,15,18-19H,1H2,2H3. The average Bonchev–Trinajstić information content (AvgIpc) is 2.51. The molecule has 2 N–H and O–H groups in total. The topological polar surface area (TPSA) is 66.8 Å². The van der Waals surface area contributed by atoms with Crippen LogP contribution in [-0.2, 0) is 4.74 Å². The van der Waals surface area contributed by atoms with Crippen LogP contribution >= 0.6 is 0 Å². The van der Waals surface area contributed by atoms with Crippen molar-refractivity contribution in [2.24, 2.45) is 0 Å². The number of benzene rings is 2. The van der Waals surface area contributed by atoms with Crippen molar-refractivity contribution < 1.29 is 19.7 Å². The number of aromatic hydroxyl groups is 2. The molecule has 4 heteroatoms. The Morgan fingerprint density at radius 2 is 1.86 bits per heavy atom. The molecule has 2 rings (SSSR count). The molecule has 0 aliphatic heterocycles. The van der Waals surface area contributed by atoms with E-state index in [0.717, 1.165) is 5.56 Å². The van der Waals surface area contributed by atoms with E-state index in [1.807, 2.05) is 30.3 Å². The third-order valence-corrected chi connectivity index (χ3v) is 3.20. The third-order valence-electron chi connectivity index (χ3n) is 3.20. The molecule has 0 saturated carbocycles. The Morgan fingerprint density at radius 1 is 1.19 bits per heavy atom. The number of hydrogen-bond donors (Lipinski definition) is 2. The minimum Gasteiger partial charge on any atom is -0.508 e. The van der Waals surface area contributed by atoms with E-state index in [0.29, 0.717) is 0 Å². The van der Waals surface area contributed by atoms with Gasteiger partial charge in [-0.25, -0.2) is 4.79 Å². The number of carbonyl (C=O) groups is 1. The Morgan fingerprint density at radius 3 is 2.48 bits per heavy atom. The van der Waals surface area contributed by atoms with Gasteiger partial charge in [-0.2, -0.15) is 0 Å². The molecule has 1 unspecified atom stereocenters. The molecule has 0 aromatic heterocycles. The van der Waals surface area contributed by atoms with E-state index in [1.165, 1.54) is 25.1 Å². The van der Waals surface area contributed by atoms with Crippen molar-refractivity contribution in [3.05, 3.63) is 71.8 Å². The molecular formula is C17H16O4. The Hall–Kier alpha value is -2.75. The molecule has 4 nitrogen and oxygen atoms in total. The van der Waals surface area contributed by atoms with Crippen molar-refractivity contribution >= 4 is 5.97 Å². The van der Waals surface area contributed by atoms with Gasteiger partial charge in [-0.05, 0) is 30.7 Å². The van der Waals surface area contributed by atoms with E-state index in [1.54, 1.807) is 0 Å². The fourth-order valence-corrected chi connectivity index (χ4v) is 1.93. The first-order valence-corrected chi connectivity index (χ1v) is 6.44. The van der Waals surface area contributed by atoms with Gasteiger partial charge in [0.1, 0.15) is 23.2 Å². The van der Waals surface area contributed by atoms with Crippen LogP contribution in [0.25, 0.3) is 0 Å². The second kappa shape index (κ2) is 6.13. The lowest BCUT2D eigenvalue weighted by Crippen LogP contribution is -2.10. The highest BCUT2D eigenvalue weighted by molar-refractivity contribution is 5.93. The summed E-state index contributed by atoms with van der Waals surface area (Å²) >= 11 is 0. The van der Waals surface area contributed by atoms with E-state index in [-0.39, 0.29) is 22.6 Å². The maximum atomic E-state index is 12.2. The minimum absolute atomic E-state index is 0.00748. The lowest BCUT2D eigenvalue weighted by atomic mass is 10.1. The van der Waals surface area contributed by atoms with Gasteiger partial charge in [-0.15, -0.1) is 0 Å². The normalized spacial score (nSPS) is 11.7. The predicted octanol–water partition coefficient (Wildman–Crippen LogP) is 3.49. The largest absolute Gasteiger partial charge is 0.508 e. The first-order valence-electron chi connectivity index (χ1n) is 6.44. The molecule has 0 radical (unpaired) electrons. The van der Waals surface area contributed by atoms with E-state index >= 15 is 0 Å². The van der Waals surface area contributed by atoms with Crippen molar-refractivity contribution in [2.45, 2.75) is 13.0 Å². The zero-order chi connectivity index (χ0) is 15.4. The van der Waals surface area contributed by atoms with Crippen LogP contribution < -0.4 is 0 Å². The second-order valence-electron chi connectivity index (χ2n) is 4.58. The summed E-state index contributed by atoms with van der Waals surface area (Å²) in [5.74, 6) is -1.03. The van der Waals surface area contributed by atoms with Gasteiger partial charge in [-0.3, -0.25) is 0 Å². The first-order chi connectivity index (χ1) is 10.0. The summed E-state index contributed by atoms with van der Waals surface area (Å²) in [5, 5.41) is 19.4. The fraction of sp³-hybridized carbons (Fsp3) is 0.118. The quantitative estimate of drug-likeness (QED) is 0.666. The van der Waals surface area contributed by atoms with Crippen LogP contribution in [0.5, 0.6) is 11.5 Å². The van der Waals surface area contributed by atoms with Gasteiger partial charge in [-0.1, -0.05) is 36.9 Å². The molecule has 0 spiro atoms. The number of hydrogen-bond acceptors (Lipinski definition) is 4.